The first-order chi connectivity index (χ1) is 16.5. The van der Waals surface area contributed by atoms with Crippen molar-refractivity contribution in [2.24, 2.45) is 5.73 Å². The summed E-state index contributed by atoms with van der Waals surface area (Å²) in [6.45, 7) is 0.535. The number of aliphatic hydroxyl groups excluding tert-OH is 1. The minimum absolute atomic E-state index is 0.180. The number of methoxy groups -OCH3 is 1. The van der Waals surface area contributed by atoms with Crippen molar-refractivity contribution < 1.29 is 19.4 Å². The van der Waals surface area contributed by atoms with Crippen LogP contribution >= 0.6 is 0 Å². The maximum Gasteiger partial charge on any atom is 0.249 e. The van der Waals surface area contributed by atoms with Crippen molar-refractivity contribution >= 4 is 22.9 Å². The third-order valence-corrected chi connectivity index (χ3v) is 5.76. The molecule has 2 aromatic heterocycles. The fraction of sp³-hybridized carbons (Fsp3) is 0.250. The Balaban J connectivity index is 1.59. The molecule has 3 heterocycles. The molecule has 1 aliphatic rings. The molecule has 0 radical (unpaired) electrons. The van der Waals surface area contributed by atoms with Gasteiger partial charge < -0.3 is 25.6 Å². The summed E-state index contributed by atoms with van der Waals surface area (Å²) >= 11 is 0. The van der Waals surface area contributed by atoms with E-state index in [0.717, 1.165) is 5.56 Å². The van der Waals surface area contributed by atoms with Gasteiger partial charge in [0.05, 0.1) is 25.1 Å². The lowest BCUT2D eigenvalue weighted by Crippen LogP contribution is -2.36. The number of carbonyl (C=O) groups excluding carboxylic acids is 1. The third kappa shape index (κ3) is 4.04. The number of aromatic nitrogens is 4. The van der Waals surface area contributed by atoms with Gasteiger partial charge in [-0.15, -0.1) is 0 Å². The van der Waals surface area contributed by atoms with Crippen LogP contribution < -0.4 is 15.8 Å². The lowest BCUT2D eigenvalue weighted by molar-refractivity contribution is -0.134. The van der Waals surface area contributed by atoms with E-state index in [2.05, 4.69) is 10.3 Å². The van der Waals surface area contributed by atoms with E-state index in [1.54, 1.807) is 18.0 Å². The molecule has 1 fully saturated rings. The van der Waals surface area contributed by atoms with E-state index >= 15 is 0 Å². The number of nitrogens with one attached hydrogen (secondary N) is 1. The van der Waals surface area contributed by atoms with E-state index in [1.165, 1.54) is 0 Å². The van der Waals surface area contributed by atoms with Gasteiger partial charge in [0.15, 0.2) is 28.9 Å². The minimum Gasteiger partial charge on any atom is -0.496 e. The number of benzene rings is 2. The normalized spacial score (nSPS) is 19.9. The average Bonchev–Trinajstić information content (AvgIpc) is 3.46. The Morgan fingerprint density at radius 1 is 1.21 bits per heavy atom. The predicted molar refractivity (Wildman–Crippen MR) is 125 cm³/mol. The van der Waals surface area contributed by atoms with Crippen LogP contribution in [-0.4, -0.2) is 49.9 Å². The van der Waals surface area contributed by atoms with Crippen molar-refractivity contribution in [3.05, 3.63) is 66.5 Å². The first-order valence-corrected chi connectivity index (χ1v) is 10.8. The third-order valence-electron chi connectivity index (χ3n) is 5.76. The molecule has 0 bridgehead atoms. The van der Waals surface area contributed by atoms with Crippen molar-refractivity contribution in [3.8, 4) is 17.1 Å². The van der Waals surface area contributed by atoms with Crippen molar-refractivity contribution in [2.45, 2.75) is 31.4 Å². The number of hydrogen-bond acceptors (Lipinski definition) is 8. The fourth-order valence-electron chi connectivity index (χ4n) is 4.06. The Labute approximate surface area is 195 Å². The number of amides is 1. The van der Waals surface area contributed by atoms with Gasteiger partial charge in [0.25, 0.3) is 0 Å². The van der Waals surface area contributed by atoms with Crippen LogP contribution in [0.4, 0.5) is 5.82 Å². The van der Waals surface area contributed by atoms with Crippen LogP contribution in [0.5, 0.6) is 5.75 Å². The maximum absolute atomic E-state index is 11.6. The van der Waals surface area contributed by atoms with E-state index < -0.39 is 24.3 Å². The highest BCUT2D eigenvalue weighted by Crippen LogP contribution is 2.34. The molecule has 174 valence electrons. The molecule has 1 amide bonds. The Kier molecular flexibility index (Phi) is 5.83. The van der Waals surface area contributed by atoms with Gasteiger partial charge in [0.2, 0.25) is 5.91 Å². The van der Waals surface area contributed by atoms with Crippen LogP contribution in [0.3, 0.4) is 0 Å². The summed E-state index contributed by atoms with van der Waals surface area (Å²) < 4.78 is 12.9. The van der Waals surface area contributed by atoms with Crippen molar-refractivity contribution in [1.29, 1.82) is 0 Å². The molecule has 5 rings (SSSR count). The molecule has 10 nitrogen and oxygen atoms in total. The average molecular weight is 460 g/mol. The second-order valence-electron chi connectivity index (χ2n) is 7.98. The molecular weight excluding hydrogens is 436 g/mol. The standard InChI is InChI=1S/C24H24N6O4/c1-33-17-10-6-5-9-15(17)22-28-23(26-12-14-7-3-2-4-8-14)19-24(29-22)30(13-27-19)18-11-16(31)20(34-18)21(25)32/h2-10,13,16,18,20,31H,11-12H2,1H3,(H2,25,32)(H,26,28,29)/t16-,18+,20-/m0/s1. The van der Waals surface area contributed by atoms with Crippen molar-refractivity contribution in [3.63, 3.8) is 0 Å². The Hall–Kier alpha value is -4.02. The van der Waals surface area contributed by atoms with Gasteiger partial charge in [-0.3, -0.25) is 9.36 Å². The summed E-state index contributed by atoms with van der Waals surface area (Å²) in [4.78, 5) is 25.7. The number of nitrogens with zero attached hydrogens (tertiary/aromatic N) is 4. The molecule has 2 aromatic carbocycles. The highest BCUT2D eigenvalue weighted by Gasteiger charge is 2.39. The predicted octanol–water partition coefficient (Wildman–Crippen LogP) is 2.25. The number of fused-ring (bicyclic) bond motifs is 1. The lowest BCUT2D eigenvalue weighted by atomic mass is 10.1. The molecule has 34 heavy (non-hydrogen) atoms. The molecule has 0 spiro atoms. The van der Waals surface area contributed by atoms with E-state index in [4.69, 9.17) is 25.2 Å². The summed E-state index contributed by atoms with van der Waals surface area (Å²) in [5.74, 6) is 0.892. The summed E-state index contributed by atoms with van der Waals surface area (Å²) in [5.41, 5.74) is 8.20. The zero-order valence-electron chi connectivity index (χ0n) is 18.5. The number of primary amides is 1. The number of nitrogens with two attached hydrogens (primary N) is 1. The number of carbonyl (C=O) groups is 1. The number of ether oxygens (including phenoxy) is 2. The van der Waals surface area contributed by atoms with E-state index in [1.807, 2.05) is 54.6 Å². The largest absolute Gasteiger partial charge is 0.496 e. The van der Waals surface area contributed by atoms with Crippen LogP contribution in [0.2, 0.25) is 0 Å². The van der Waals surface area contributed by atoms with Crippen LogP contribution in [0.15, 0.2) is 60.9 Å². The molecule has 0 aliphatic carbocycles. The molecule has 0 unspecified atom stereocenters. The maximum atomic E-state index is 11.6. The second-order valence-corrected chi connectivity index (χ2v) is 7.98. The van der Waals surface area contributed by atoms with Gasteiger partial charge in [0, 0.05) is 13.0 Å². The number of aliphatic hydroxyl groups is 1. The monoisotopic (exact) mass is 460 g/mol. The molecule has 1 aliphatic heterocycles. The first-order valence-electron chi connectivity index (χ1n) is 10.8. The van der Waals surface area contributed by atoms with Gasteiger partial charge in [-0.2, -0.15) is 0 Å². The van der Waals surface area contributed by atoms with E-state index in [0.29, 0.717) is 40.7 Å². The van der Waals surface area contributed by atoms with Crippen LogP contribution in [-0.2, 0) is 16.1 Å². The molecule has 3 atom stereocenters. The molecular formula is C24H24N6O4. The van der Waals surface area contributed by atoms with Gasteiger partial charge in [0.1, 0.15) is 12.0 Å². The zero-order valence-corrected chi connectivity index (χ0v) is 18.5. The van der Waals surface area contributed by atoms with Crippen molar-refractivity contribution in [2.75, 3.05) is 12.4 Å². The van der Waals surface area contributed by atoms with Gasteiger partial charge in [-0.05, 0) is 17.7 Å². The number of rotatable bonds is 7. The summed E-state index contributed by atoms with van der Waals surface area (Å²) in [6, 6.07) is 17.4. The fourth-order valence-corrected chi connectivity index (χ4v) is 4.06. The van der Waals surface area contributed by atoms with Crippen LogP contribution in [0, 0.1) is 0 Å². The molecule has 4 aromatic rings. The molecule has 10 heteroatoms. The highest BCUT2D eigenvalue weighted by atomic mass is 16.5. The zero-order chi connectivity index (χ0) is 23.7. The SMILES string of the molecule is COc1ccccc1-c1nc(NCc2ccccc2)c2ncn([C@H]3C[C@H](O)[C@@H](C(N)=O)O3)c2n1. The smallest absolute Gasteiger partial charge is 0.249 e. The molecule has 1 saturated heterocycles. The molecule has 0 saturated carbocycles. The van der Waals surface area contributed by atoms with Crippen LogP contribution in [0.1, 0.15) is 18.2 Å². The quantitative estimate of drug-likeness (QED) is 0.382. The van der Waals surface area contributed by atoms with Crippen LogP contribution in [0.25, 0.3) is 22.6 Å². The summed E-state index contributed by atoms with van der Waals surface area (Å²) in [6.07, 6.45) is -1.00. The van der Waals surface area contributed by atoms with Gasteiger partial charge in [-0.25, -0.2) is 15.0 Å². The Bertz CT molecular complexity index is 1330. The van der Waals surface area contributed by atoms with Gasteiger partial charge in [-0.1, -0.05) is 42.5 Å². The number of imidazole rings is 1. The number of hydrogen-bond donors (Lipinski definition) is 3. The molecule has 4 N–H and O–H groups in total. The summed E-state index contributed by atoms with van der Waals surface area (Å²) in [7, 11) is 1.59. The minimum atomic E-state index is -1.09. The van der Waals surface area contributed by atoms with E-state index in [9.17, 15) is 9.90 Å². The Morgan fingerprint density at radius 2 is 1.97 bits per heavy atom. The van der Waals surface area contributed by atoms with E-state index in [-0.39, 0.29) is 6.42 Å². The van der Waals surface area contributed by atoms with Gasteiger partial charge >= 0.3 is 0 Å². The second kappa shape index (κ2) is 9.08. The highest BCUT2D eigenvalue weighted by molar-refractivity contribution is 5.86. The van der Waals surface area contributed by atoms with Crippen molar-refractivity contribution in [1.82, 2.24) is 19.5 Å². The number of anilines is 1. The number of para-hydroxylation sites is 1. The lowest BCUT2D eigenvalue weighted by Gasteiger charge is -2.15. The topological polar surface area (TPSA) is 137 Å². The first kappa shape index (κ1) is 21.8. The summed E-state index contributed by atoms with van der Waals surface area (Å²) in [5, 5.41) is 13.6. The Morgan fingerprint density at radius 3 is 2.71 bits per heavy atom.